The van der Waals surface area contributed by atoms with Crippen molar-refractivity contribution in [2.75, 3.05) is 13.2 Å². The van der Waals surface area contributed by atoms with Crippen LogP contribution in [-0.2, 0) is 4.79 Å². The Morgan fingerprint density at radius 3 is 2.74 bits per heavy atom. The molecule has 1 aromatic heterocycles. The molecule has 0 saturated carbocycles. The Morgan fingerprint density at radius 2 is 2.00 bits per heavy atom. The molecule has 0 fully saturated rings. The van der Waals surface area contributed by atoms with Gasteiger partial charge in [0.25, 0.3) is 0 Å². The van der Waals surface area contributed by atoms with Gasteiger partial charge in [-0.15, -0.1) is 0 Å². The number of hydrogen-bond donors (Lipinski definition) is 1. The Bertz CT molecular complexity index is 1250. The SMILES string of the molecule is CCOc1cc2occ(-c3ccc(C)cc3C)c2cc1/C(C)=C/C(=O)NCCC1=CCCCC1. The van der Waals surface area contributed by atoms with Gasteiger partial charge in [-0.3, -0.25) is 4.79 Å². The van der Waals surface area contributed by atoms with E-state index in [0.29, 0.717) is 13.2 Å². The second-order valence-electron chi connectivity index (χ2n) is 9.22. The van der Waals surface area contributed by atoms with E-state index in [0.717, 1.165) is 51.8 Å². The van der Waals surface area contributed by atoms with Crippen molar-refractivity contribution < 1.29 is 13.9 Å². The number of amides is 1. The summed E-state index contributed by atoms with van der Waals surface area (Å²) in [5.74, 6) is 0.656. The molecule has 4 nitrogen and oxygen atoms in total. The zero-order valence-electron chi connectivity index (χ0n) is 20.8. The van der Waals surface area contributed by atoms with Crippen molar-refractivity contribution in [2.24, 2.45) is 0 Å². The molecule has 0 spiro atoms. The van der Waals surface area contributed by atoms with E-state index in [4.69, 9.17) is 9.15 Å². The van der Waals surface area contributed by atoms with Crippen LogP contribution < -0.4 is 10.1 Å². The first-order valence-electron chi connectivity index (χ1n) is 12.4. The molecule has 4 heteroatoms. The van der Waals surface area contributed by atoms with Crippen LogP contribution in [0.2, 0.25) is 0 Å². The molecule has 34 heavy (non-hydrogen) atoms. The summed E-state index contributed by atoms with van der Waals surface area (Å²) in [4.78, 5) is 12.6. The quantitative estimate of drug-likeness (QED) is 0.281. The molecule has 2 aromatic carbocycles. The first-order valence-corrected chi connectivity index (χ1v) is 12.4. The van der Waals surface area contributed by atoms with Crippen LogP contribution in [0.1, 0.15) is 62.6 Å². The number of furan rings is 1. The summed E-state index contributed by atoms with van der Waals surface area (Å²) in [5.41, 5.74) is 8.66. The summed E-state index contributed by atoms with van der Waals surface area (Å²) >= 11 is 0. The number of carbonyl (C=O) groups excluding carboxylic acids is 1. The predicted molar refractivity (Wildman–Crippen MR) is 140 cm³/mol. The molecule has 1 aliphatic carbocycles. The lowest BCUT2D eigenvalue weighted by atomic mass is 9.96. The molecule has 3 aromatic rings. The smallest absolute Gasteiger partial charge is 0.244 e. The fourth-order valence-electron chi connectivity index (χ4n) is 4.77. The molecule has 0 unspecified atom stereocenters. The standard InChI is InChI=1S/C30H35NO3/c1-5-33-28-18-29-26(27(19-34-29)24-12-11-20(2)15-21(24)3)17-25(28)22(4)16-30(32)31-14-13-23-9-7-6-8-10-23/h9,11-12,15-19H,5-8,10,13-14H2,1-4H3,(H,31,32)/b22-16+. The maximum Gasteiger partial charge on any atom is 0.244 e. The second kappa shape index (κ2) is 10.8. The summed E-state index contributed by atoms with van der Waals surface area (Å²) in [7, 11) is 0. The van der Waals surface area contributed by atoms with Gasteiger partial charge >= 0.3 is 0 Å². The lowest BCUT2D eigenvalue weighted by Gasteiger charge is -2.13. The number of aryl methyl sites for hydroxylation is 2. The highest BCUT2D eigenvalue weighted by Gasteiger charge is 2.16. The van der Waals surface area contributed by atoms with Crippen molar-refractivity contribution >= 4 is 22.4 Å². The molecule has 0 bridgehead atoms. The minimum Gasteiger partial charge on any atom is -0.493 e. The van der Waals surface area contributed by atoms with Crippen LogP contribution in [0.25, 0.3) is 27.7 Å². The summed E-state index contributed by atoms with van der Waals surface area (Å²) in [6.45, 7) is 9.35. The molecular weight excluding hydrogens is 422 g/mol. The van der Waals surface area contributed by atoms with Crippen LogP contribution in [0.3, 0.4) is 0 Å². The summed E-state index contributed by atoms with van der Waals surface area (Å²) < 4.78 is 11.8. The highest BCUT2D eigenvalue weighted by Crippen LogP contribution is 2.38. The normalized spacial score (nSPS) is 14.2. The van der Waals surface area contributed by atoms with Crippen molar-refractivity contribution in [1.82, 2.24) is 5.32 Å². The van der Waals surface area contributed by atoms with Crippen LogP contribution in [0.15, 0.2) is 58.7 Å². The first-order chi connectivity index (χ1) is 16.5. The molecule has 1 N–H and O–H groups in total. The molecule has 1 heterocycles. The van der Waals surface area contributed by atoms with E-state index < -0.39 is 0 Å². The molecule has 178 valence electrons. The summed E-state index contributed by atoms with van der Waals surface area (Å²) in [5, 5.41) is 4.07. The molecule has 0 saturated heterocycles. The van der Waals surface area contributed by atoms with Crippen molar-refractivity contribution in [3.63, 3.8) is 0 Å². The zero-order valence-corrected chi connectivity index (χ0v) is 20.8. The van der Waals surface area contributed by atoms with E-state index in [2.05, 4.69) is 49.5 Å². The molecule has 1 aliphatic rings. The van der Waals surface area contributed by atoms with Gasteiger partial charge in [0.05, 0.1) is 12.9 Å². The molecule has 4 rings (SSSR count). The highest BCUT2D eigenvalue weighted by atomic mass is 16.5. The third kappa shape index (κ3) is 5.44. The van der Waals surface area contributed by atoms with Gasteiger partial charge in [-0.25, -0.2) is 0 Å². The van der Waals surface area contributed by atoms with Gasteiger partial charge in [-0.2, -0.15) is 0 Å². The molecule has 0 aliphatic heterocycles. The van der Waals surface area contributed by atoms with Crippen molar-refractivity contribution in [1.29, 1.82) is 0 Å². The van der Waals surface area contributed by atoms with Gasteiger partial charge in [0, 0.05) is 35.2 Å². The van der Waals surface area contributed by atoms with Gasteiger partial charge in [-0.05, 0) is 82.6 Å². The highest BCUT2D eigenvalue weighted by molar-refractivity contribution is 6.00. The Hall–Kier alpha value is -3.27. The Kier molecular flexibility index (Phi) is 7.56. The van der Waals surface area contributed by atoms with Gasteiger partial charge in [0.15, 0.2) is 0 Å². The number of hydrogen-bond acceptors (Lipinski definition) is 3. The van der Waals surface area contributed by atoms with Crippen molar-refractivity contribution in [2.45, 2.75) is 59.8 Å². The monoisotopic (exact) mass is 457 g/mol. The van der Waals surface area contributed by atoms with E-state index >= 15 is 0 Å². The van der Waals surface area contributed by atoms with Crippen LogP contribution in [-0.4, -0.2) is 19.1 Å². The number of carbonyl (C=O) groups is 1. The van der Waals surface area contributed by atoms with E-state index in [-0.39, 0.29) is 5.91 Å². The minimum atomic E-state index is -0.0711. The first kappa shape index (κ1) is 23.9. The maximum atomic E-state index is 12.6. The molecule has 1 amide bonds. The largest absolute Gasteiger partial charge is 0.493 e. The fourth-order valence-corrected chi connectivity index (χ4v) is 4.77. The van der Waals surface area contributed by atoms with Gasteiger partial charge < -0.3 is 14.5 Å². The minimum absolute atomic E-state index is 0.0711. The third-order valence-corrected chi connectivity index (χ3v) is 6.55. The lowest BCUT2D eigenvalue weighted by Crippen LogP contribution is -2.23. The van der Waals surface area contributed by atoms with Crippen molar-refractivity contribution in [3.05, 3.63) is 71.0 Å². The van der Waals surface area contributed by atoms with Crippen LogP contribution in [0.4, 0.5) is 0 Å². The van der Waals surface area contributed by atoms with Gasteiger partial charge in [0.2, 0.25) is 5.91 Å². The van der Waals surface area contributed by atoms with Crippen LogP contribution >= 0.6 is 0 Å². The Morgan fingerprint density at radius 1 is 1.15 bits per heavy atom. The maximum absolute atomic E-state index is 12.6. The van der Waals surface area contributed by atoms with E-state index in [9.17, 15) is 4.79 Å². The Labute approximate surface area is 202 Å². The average Bonchev–Trinajstić information content (AvgIpc) is 3.22. The number of rotatable bonds is 8. The number of nitrogens with one attached hydrogen (secondary N) is 1. The zero-order chi connectivity index (χ0) is 24.1. The van der Waals surface area contributed by atoms with E-state index in [1.54, 1.807) is 6.08 Å². The van der Waals surface area contributed by atoms with Gasteiger partial charge in [-0.1, -0.05) is 35.4 Å². The molecule has 0 radical (unpaired) electrons. The lowest BCUT2D eigenvalue weighted by molar-refractivity contribution is -0.116. The second-order valence-corrected chi connectivity index (χ2v) is 9.22. The third-order valence-electron chi connectivity index (χ3n) is 6.55. The van der Waals surface area contributed by atoms with Crippen LogP contribution in [0, 0.1) is 13.8 Å². The molecule has 0 atom stereocenters. The fraction of sp³-hybridized carbons (Fsp3) is 0.367. The number of allylic oxidation sites excluding steroid dienone is 2. The van der Waals surface area contributed by atoms with E-state index in [1.807, 2.05) is 26.2 Å². The average molecular weight is 458 g/mol. The number of ether oxygens (including phenoxy) is 1. The summed E-state index contributed by atoms with van der Waals surface area (Å²) in [6.07, 6.45) is 11.6. The van der Waals surface area contributed by atoms with E-state index in [1.165, 1.54) is 36.0 Å². The predicted octanol–water partition coefficient (Wildman–Crippen LogP) is 7.53. The Balaban J connectivity index is 1.60. The number of fused-ring (bicyclic) bond motifs is 1. The molecular formula is C30H35NO3. The van der Waals surface area contributed by atoms with Crippen molar-refractivity contribution in [3.8, 4) is 16.9 Å². The summed E-state index contributed by atoms with van der Waals surface area (Å²) in [6, 6.07) is 10.5. The topological polar surface area (TPSA) is 51.5 Å². The number of benzene rings is 2. The van der Waals surface area contributed by atoms with Gasteiger partial charge in [0.1, 0.15) is 11.3 Å². The van der Waals surface area contributed by atoms with Crippen LogP contribution in [0.5, 0.6) is 5.75 Å².